The number of pyridine rings is 1. The lowest BCUT2D eigenvalue weighted by Gasteiger charge is -2.18. The maximum Gasteiger partial charge on any atom is 0.235 e. The highest BCUT2D eigenvalue weighted by atomic mass is 16.5. The van der Waals surface area contributed by atoms with Crippen LogP contribution in [0.3, 0.4) is 0 Å². The van der Waals surface area contributed by atoms with Gasteiger partial charge in [0.15, 0.2) is 0 Å². The van der Waals surface area contributed by atoms with Gasteiger partial charge in [-0.25, -0.2) is 9.98 Å². The Bertz CT molecular complexity index is 1720. The summed E-state index contributed by atoms with van der Waals surface area (Å²) in [5, 5.41) is 7.32. The summed E-state index contributed by atoms with van der Waals surface area (Å²) in [4.78, 5) is 9.50. The third kappa shape index (κ3) is 3.20. The quantitative estimate of drug-likeness (QED) is 0.260. The van der Waals surface area contributed by atoms with E-state index in [-0.39, 0.29) is 0 Å². The molecular weight excluding hydrogens is 428 g/mol. The van der Waals surface area contributed by atoms with E-state index >= 15 is 0 Å². The van der Waals surface area contributed by atoms with Crippen molar-refractivity contribution in [1.29, 1.82) is 0 Å². The van der Waals surface area contributed by atoms with Gasteiger partial charge in [0.1, 0.15) is 12.3 Å². The molecule has 35 heavy (non-hydrogen) atoms. The van der Waals surface area contributed by atoms with Crippen molar-refractivity contribution in [2.45, 2.75) is 0 Å². The van der Waals surface area contributed by atoms with Gasteiger partial charge in [0.2, 0.25) is 5.90 Å². The first-order valence-electron chi connectivity index (χ1n) is 11.9. The molecule has 7 rings (SSSR count). The lowest BCUT2D eigenvalue weighted by molar-refractivity contribution is 0.347. The molecule has 0 radical (unpaired) electrons. The van der Waals surface area contributed by atoms with Crippen LogP contribution in [-0.2, 0) is 4.74 Å². The van der Waals surface area contributed by atoms with Crippen molar-refractivity contribution in [3.8, 4) is 22.4 Å². The normalized spacial score (nSPS) is 13.3. The topological polar surface area (TPSA) is 34.5 Å². The van der Waals surface area contributed by atoms with Gasteiger partial charge in [-0.3, -0.25) is 0 Å². The van der Waals surface area contributed by atoms with E-state index < -0.39 is 0 Å². The summed E-state index contributed by atoms with van der Waals surface area (Å²) in [7, 11) is 0. The van der Waals surface area contributed by atoms with Crippen LogP contribution in [0.15, 0.2) is 114 Å². The fourth-order valence-corrected chi connectivity index (χ4v) is 5.32. The number of fused-ring (bicyclic) bond motifs is 3. The molecule has 0 amide bonds. The van der Waals surface area contributed by atoms with Gasteiger partial charge in [-0.05, 0) is 55.6 Å². The highest BCUT2D eigenvalue weighted by Gasteiger charge is 2.19. The SMILES string of the molecule is c1cc(C2=NCCO2)nc(-c2c3ccccc3c(-c3cccc4ccccc34)c3ccccc23)c1. The number of nitrogens with zero attached hydrogens (tertiary/aromatic N) is 2. The molecule has 0 aliphatic carbocycles. The fraction of sp³-hybridized carbons (Fsp3) is 0.0625. The summed E-state index contributed by atoms with van der Waals surface area (Å²) in [6.07, 6.45) is 0. The van der Waals surface area contributed by atoms with Crippen LogP contribution in [-0.4, -0.2) is 24.0 Å². The monoisotopic (exact) mass is 450 g/mol. The van der Waals surface area contributed by atoms with E-state index in [9.17, 15) is 0 Å². The summed E-state index contributed by atoms with van der Waals surface area (Å²) in [5.74, 6) is 0.632. The molecule has 3 heteroatoms. The van der Waals surface area contributed by atoms with Gasteiger partial charge >= 0.3 is 0 Å². The van der Waals surface area contributed by atoms with Crippen molar-refractivity contribution in [3.05, 3.63) is 115 Å². The molecule has 0 N–H and O–H groups in total. The van der Waals surface area contributed by atoms with Gasteiger partial charge in [0, 0.05) is 5.56 Å². The Balaban J connectivity index is 1.60. The van der Waals surface area contributed by atoms with Crippen molar-refractivity contribution in [3.63, 3.8) is 0 Å². The first-order chi connectivity index (χ1) is 17.4. The Morgan fingerprint density at radius 1 is 0.514 bits per heavy atom. The number of ether oxygens (including phenoxy) is 1. The van der Waals surface area contributed by atoms with Crippen molar-refractivity contribution < 1.29 is 4.74 Å². The molecular formula is C32H22N2O. The van der Waals surface area contributed by atoms with E-state index in [0.717, 1.165) is 17.0 Å². The third-order valence-electron chi connectivity index (χ3n) is 6.80. The van der Waals surface area contributed by atoms with Gasteiger partial charge < -0.3 is 4.74 Å². The van der Waals surface area contributed by atoms with Crippen LogP contribution < -0.4 is 0 Å². The van der Waals surface area contributed by atoms with Gasteiger partial charge in [0.05, 0.1) is 12.2 Å². The first kappa shape index (κ1) is 19.9. The number of aromatic nitrogens is 1. The van der Waals surface area contributed by atoms with Gasteiger partial charge in [0.25, 0.3) is 0 Å². The number of hydrogen-bond donors (Lipinski definition) is 0. The molecule has 5 aromatic carbocycles. The van der Waals surface area contributed by atoms with Crippen LogP contribution in [0.5, 0.6) is 0 Å². The molecule has 166 valence electrons. The van der Waals surface area contributed by atoms with Crippen LogP contribution in [0.25, 0.3) is 54.7 Å². The molecule has 2 heterocycles. The highest BCUT2D eigenvalue weighted by molar-refractivity contribution is 6.23. The average Bonchev–Trinajstić information content (AvgIpc) is 3.47. The number of aliphatic imine (C=N–C) groups is 1. The molecule has 0 bridgehead atoms. The van der Waals surface area contributed by atoms with Gasteiger partial charge in [-0.1, -0.05) is 97.1 Å². The minimum absolute atomic E-state index is 0.618. The molecule has 6 aromatic rings. The van der Waals surface area contributed by atoms with Crippen LogP contribution in [0.2, 0.25) is 0 Å². The van der Waals surface area contributed by atoms with Crippen molar-refractivity contribution in [1.82, 2.24) is 4.98 Å². The van der Waals surface area contributed by atoms with E-state index in [1.54, 1.807) is 0 Å². The van der Waals surface area contributed by atoms with E-state index in [1.807, 2.05) is 12.1 Å². The minimum Gasteiger partial charge on any atom is -0.474 e. The Kier molecular flexibility index (Phi) is 4.59. The second-order valence-electron chi connectivity index (χ2n) is 8.81. The lowest BCUT2D eigenvalue weighted by Crippen LogP contribution is -2.04. The molecule has 0 unspecified atom stereocenters. The van der Waals surface area contributed by atoms with E-state index in [2.05, 4.69) is 102 Å². The molecule has 3 nitrogen and oxygen atoms in total. The van der Waals surface area contributed by atoms with Crippen molar-refractivity contribution in [2.24, 2.45) is 4.99 Å². The molecule has 1 aromatic heterocycles. The van der Waals surface area contributed by atoms with E-state index in [4.69, 9.17) is 9.72 Å². The van der Waals surface area contributed by atoms with Gasteiger partial charge in [-0.2, -0.15) is 0 Å². The molecule has 1 aliphatic rings. The summed E-state index contributed by atoms with van der Waals surface area (Å²) in [6.45, 7) is 1.31. The number of hydrogen-bond acceptors (Lipinski definition) is 3. The standard InChI is InChI=1S/C32H22N2O/c1-2-11-22-21(9-1)10-7-16-23(22)30-24-12-3-5-14-26(24)31(27-15-6-4-13-25(27)30)28-17-8-18-29(34-28)32-33-19-20-35-32/h1-18H,19-20H2. The maximum atomic E-state index is 5.71. The third-order valence-corrected chi connectivity index (χ3v) is 6.80. The maximum absolute atomic E-state index is 5.71. The average molecular weight is 451 g/mol. The zero-order valence-electron chi connectivity index (χ0n) is 19.1. The zero-order chi connectivity index (χ0) is 23.2. The molecule has 0 atom stereocenters. The summed E-state index contributed by atoms with van der Waals surface area (Å²) in [5.41, 5.74) is 5.36. The largest absolute Gasteiger partial charge is 0.474 e. The Labute approximate surface area is 203 Å². The summed E-state index contributed by atoms with van der Waals surface area (Å²) < 4.78 is 5.71. The predicted octanol–water partition coefficient (Wildman–Crippen LogP) is 7.65. The predicted molar refractivity (Wildman–Crippen MR) is 145 cm³/mol. The molecule has 0 fully saturated rings. The van der Waals surface area contributed by atoms with E-state index in [0.29, 0.717) is 19.0 Å². The van der Waals surface area contributed by atoms with Crippen molar-refractivity contribution >= 4 is 38.2 Å². The number of benzene rings is 5. The van der Waals surface area contributed by atoms with E-state index in [1.165, 1.54) is 43.4 Å². The molecule has 0 saturated heterocycles. The highest BCUT2D eigenvalue weighted by Crippen LogP contribution is 2.44. The van der Waals surface area contributed by atoms with Gasteiger partial charge in [-0.15, -0.1) is 0 Å². The summed E-state index contributed by atoms with van der Waals surface area (Å²) in [6, 6.07) is 38.7. The second-order valence-corrected chi connectivity index (χ2v) is 8.81. The minimum atomic E-state index is 0.618. The number of rotatable bonds is 3. The van der Waals surface area contributed by atoms with Crippen LogP contribution in [0, 0.1) is 0 Å². The van der Waals surface area contributed by atoms with Crippen molar-refractivity contribution in [2.75, 3.05) is 13.2 Å². The Morgan fingerprint density at radius 3 is 1.77 bits per heavy atom. The van der Waals surface area contributed by atoms with Crippen LogP contribution >= 0.6 is 0 Å². The molecule has 0 spiro atoms. The fourth-order valence-electron chi connectivity index (χ4n) is 5.32. The summed E-state index contributed by atoms with van der Waals surface area (Å²) >= 11 is 0. The second kappa shape index (κ2) is 8.07. The smallest absolute Gasteiger partial charge is 0.235 e. The van der Waals surface area contributed by atoms with Crippen LogP contribution in [0.1, 0.15) is 5.69 Å². The Hall–Kier alpha value is -4.50. The van der Waals surface area contributed by atoms with Crippen LogP contribution in [0.4, 0.5) is 0 Å². The first-order valence-corrected chi connectivity index (χ1v) is 11.9. The molecule has 0 saturated carbocycles. The lowest BCUT2D eigenvalue weighted by atomic mass is 9.86. The molecule has 1 aliphatic heterocycles. The zero-order valence-corrected chi connectivity index (χ0v) is 19.1. The Morgan fingerprint density at radius 2 is 1.09 bits per heavy atom.